The number of nitrogens with zero attached hydrogens (tertiary/aromatic N) is 1. The Morgan fingerprint density at radius 2 is 1.50 bits per heavy atom. The first-order valence-electron chi connectivity index (χ1n) is 9.22. The van der Waals surface area contributed by atoms with Gasteiger partial charge in [0.05, 0.1) is 10.4 Å². The third-order valence-corrected chi connectivity index (χ3v) is 6.52. The van der Waals surface area contributed by atoms with Gasteiger partial charge >= 0.3 is 0 Å². The number of fused-ring (bicyclic) bond motifs is 3. The van der Waals surface area contributed by atoms with Crippen LogP contribution in [0.15, 0.2) is 54.6 Å². The van der Waals surface area contributed by atoms with E-state index < -0.39 is 0 Å². The highest BCUT2D eigenvalue weighted by Crippen LogP contribution is 2.43. The van der Waals surface area contributed by atoms with Crippen molar-refractivity contribution >= 4 is 42.9 Å². The van der Waals surface area contributed by atoms with Gasteiger partial charge in [-0.3, -0.25) is 0 Å². The summed E-state index contributed by atoms with van der Waals surface area (Å²) in [5.41, 5.74) is 6.62. The molecule has 0 radical (unpaired) electrons. The summed E-state index contributed by atoms with van der Waals surface area (Å²) >= 11 is 1.93. The molecule has 26 heavy (non-hydrogen) atoms. The average molecular weight is 360 g/mol. The summed E-state index contributed by atoms with van der Waals surface area (Å²) in [4.78, 5) is 2.33. The summed E-state index contributed by atoms with van der Waals surface area (Å²) in [7, 11) is 2.18. The lowest BCUT2D eigenvalue weighted by molar-refractivity contribution is 0.878. The molecule has 0 fully saturated rings. The number of hydrogen-bond acceptors (Lipinski definition) is 2. The zero-order valence-corrected chi connectivity index (χ0v) is 16.9. The highest BCUT2D eigenvalue weighted by molar-refractivity contribution is 7.26. The topological polar surface area (TPSA) is 3.24 Å². The predicted molar refractivity (Wildman–Crippen MR) is 117 cm³/mol. The number of benzene rings is 3. The first kappa shape index (κ1) is 17.1. The van der Waals surface area contributed by atoms with Crippen LogP contribution in [0.25, 0.3) is 20.2 Å². The minimum Gasteiger partial charge on any atom is -0.343 e. The molecule has 0 aliphatic carbocycles. The van der Waals surface area contributed by atoms with E-state index in [4.69, 9.17) is 0 Å². The number of hydrogen-bond donors (Lipinski definition) is 0. The summed E-state index contributed by atoms with van der Waals surface area (Å²) in [5.74, 6) is 0.535. The first-order chi connectivity index (χ1) is 12.5. The smallest absolute Gasteiger partial charge is 0.0592 e. The highest BCUT2D eigenvalue weighted by Gasteiger charge is 2.16. The molecular formula is C24H25NS. The van der Waals surface area contributed by atoms with Crippen molar-refractivity contribution < 1.29 is 0 Å². The van der Waals surface area contributed by atoms with Crippen LogP contribution in [0.4, 0.5) is 11.4 Å². The minimum atomic E-state index is 0.535. The molecule has 3 aromatic carbocycles. The van der Waals surface area contributed by atoms with Gasteiger partial charge in [0.1, 0.15) is 0 Å². The Kier molecular flexibility index (Phi) is 4.24. The molecule has 1 nitrogen and oxygen atoms in total. The van der Waals surface area contributed by atoms with Gasteiger partial charge in [-0.25, -0.2) is 0 Å². The van der Waals surface area contributed by atoms with E-state index in [2.05, 4.69) is 94.2 Å². The summed E-state index contributed by atoms with van der Waals surface area (Å²) in [5, 5.41) is 2.74. The summed E-state index contributed by atoms with van der Waals surface area (Å²) in [6, 6.07) is 20.1. The van der Waals surface area contributed by atoms with Crippen molar-refractivity contribution in [2.24, 2.45) is 0 Å². The maximum atomic E-state index is 2.33. The van der Waals surface area contributed by atoms with Crippen LogP contribution in [0.1, 0.15) is 36.5 Å². The Morgan fingerprint density at radius 1 is 0.808 bits per heavy atom. The fourth-order valence-electron chi connectivity index (χ4n) is 3.86. The fraction of sp³-hybridized carbons (Fsp3) is 0.250. The fourth-order valence-corrected chi connectivity index (χ4v) is 5.37. The molecule has 4 rings (SSSR count). The standard InChI is InChI=1S/C24H25NS/c1-15(2)18-8-6-9-19-20-10-7-11-22(24(20)26-23(18)19)25(5)21-13-12-16(3)14-17(21)4/h6-15H,1-5H3. The maximum Gasteiger partial charge on any atom is 0.0592 e. The van der Waals surface area contributed by atoms with Crippen molar-refractivity contribution in [3.05, 3.63) is 71.3 Å². The molecule has 0 amide bonds. The molecule has 1 heterocycles. The largest absolute Gasteiger partial charge is 0.343 e. The minimum absolute atomic E-state index is 0.535. The van der Waals surface area contributed by atoms with E-state index in [1.807, 2.05) is 11.3 Å². The molecule has 4 aromatic rings. The molecule has 1 aromatic heterocycles. The molecule has 2 heteroatoms. The molecule has 0 unspecified atom stereocenters. The molecule has 0 aliphatic rings. The van der Waals surface area contributed by atoms with Gasteiger partial charge in [0.2, 0.25) is 0 Å². The Bertz CT molecular complexity index is 1100. The third kappa shape index (κ3) is 2.69. The normalized spacial score (nSPS) is 11.6. The van der Waals surface area contributed by atoms with Gasteiger partial charge < -0.3 is 4.90 Å². The van der Waals surface area contributed by atoms with Gasteiger partial charge in [0, 0.05) is 28.2 Å². The van der Waals surface area contributed by atoms with Crippen LogP contribution >= 0.6 is 11.3 Å². The van der Waals surface area contributed by atoms with Crippen LogP contribution in [0.2, 0.25) is 0 Å². The summed E-state index contributed by atoms with van der Waals surface area (Å²) < 4.78 is 2.80. The van der Waals surface area contributed by atoms with Crippen molar-refractivity contribution in [2.75, 3.05) is 11.9 Å². The van der Waals surface area contributed by atoms with Crippen LogP contribution in [0.3, 0.4) is 0 Å². The first-order valence-corrected chi connectivity index (χ1v) is 10.0. The lowest BCUT2D eigenvalue weighted by atomic mass is 10.0. The van der Waals surface area contributed by atoms with E-state index in [0.29, 0.717) is 5.92 Å². The Morgan fingerprint density at radius 3 is 2.19 bits per heavy atom. The Labute approximate surface area is 159 Å². The van der Waals surface area contributed by atoms with Gasteiger partial charge in [0.15, 0.2) is 0 Å². The predicted octanol–water partition coefficient (Wildman–Crippen LogP) is 7.56. The Hall–Kier alpha value is -2.32. The van der Waals surface area contributed by atoms with E-state index in [0.717, 1.165) is 0 Å². The maximum absolute atomic E-state index is 2.33. The SMILES string of the molecule is Cc1ccc(N(C)c2cccc3c2sc2c(C(C)C)cccc23)c(C)c1. The number of aryl methyl sites for hydroxylation is 2. The summed E-state index contributed by atoms with van der Waals surface area (Å²) in [6.07, 6.45) is 0. The quantitative estimate of drug-likeness (QED) is 0.365. The molecule has 0 N–H and O–H groups in total. The molecule has 132 valence electrons. The molecule has 0 spiro atoms. The van der Waals surface area contributed by atoms with Crippen LogP contribution in [-0.2, 0) is 0 Å². The second-order valence-electron chi connectivity index (χ2n) is 7.48. The van der Waals surface area contributed by atoms with Gasteiger partial charge in [-0.15, -0.1) is 11.3 Å². The van der Waals surface area contributed by atoms with E-state index in [1.165, 1.54) is 48.2 Å². The zero-order chi connectivity index (χ0) is 18.4. The van der Waals surface area contributed by atoms with Crippen LogP contribution in [-0.4, -0.2) is 7.05 Å². The van der Waals surface area contributed by atoms with Crippen molar-refractivity contribution in [3.8, 4) is 0 Å². The molecule has 0 bridgehead atoms. The van der Waals surface area contributed by atoms with Gasteiger partial charge in [0.25, 0.3) is 0 Å². The molecule has 0 aliphatic heterocycles. The third-order valence-electron chi connectivity index (χ3n) is 5.23. The van der Waals surface area contributed by atoms with Gasteiger partial charge in [-0.2, -0.15) is 0 Å². The highest BCUT2D eigenvalue weighted by atomic mass is 32.1. The number of anilines is 2. The van der Waals surface area contributed by atoms with Crippen LogP contribution in [0, 0.1) is 13.8 Å². The molecular weight excluding hydrogens is 334 g/mol. The molecule has 0 atom stereocenters. The second-order valence-corrected chi connectivity index (χ2v) is 8.50. The van der Waals surface area contributed by atoms with Gasteiger partial charge in [-0.05, 0) is 43.0 Å². The number of rotatable bonds is 3. The van der Waals surface area contributed by atoms with Crippen LogP contribution in [0.5, 0.6) is 0 Å². The average Bonchev–Trinajstić information content (AvgIpc) is 2.99. The lowest BCUT2D eigenvalue weighted by Gasteiger charge is -2.22. The Balaban J connectivity index is 1.96. The van der Waals surface area contributed by atoms with Crippen molar-refractivity contribution in [2.45, 2.75) is 33.6 Å². The molecule has 0 saturated heterocycles. The van der Waals surface area contributed by atoms with Crippen molar-refractivity contribution in [1.82, 2.24) is 0 Å². The van der Waals surface area contributed by atoms with Crippen molar-refractivity contribution in [3.63, 3.8) is 0 Å². The second kappa shape index (κ2) is 6.44. The van der Waals surface area contributed by atoms with Gasteiger partial charge in [-0.1, -0.05) is 61.9 Å². The van der Waals surface area contributed by atoms with E-state index in [1.54, 1.807) is 0 Å². The number of thiophene rings is 1. The van der Waals surface area contributed by atoms with Crippen LogP contribution < -0.4 is 4.90 Å². The van der Waals surface area contributed by atoms with Crippen molar-refractivity contribution in [1.29, 1.82) is 0 Å². The van der Waals surface area contributed by atoms with E-state index in [9.17, 15) is 0 Å². The van der Waals surface area contributed by atoms with E-state index >= 15 is 0 Å². The monoisotopic (exact) mass is 359 g/mol. The zero-order valence-electron chi connectivity index (χ0n) is 16.1. The summed E-state index contributed by atoms with van der Waals surface area (Å²) in [6.45, 7) is 8.90. The lowest BCUT2D eigenvalue weighted by Crippen LogP contribution is -2.10. The molecule has 0 saturated carbocycles. The van der Waals surface area contributed by atoms with E-state index in [-0.39, 0.29) is 0 Å².